The van der Waals surface area contributed by atoms with Crippen molar-refractivity contribution in [2.45, 2.75) is 44.9 Å². The van der Waals surface area contributed by atoms with E-state index in [0.717, 1.165) is 37.2 Å². The smallest absolute Gasteiger partial charge is 0.227 e. The summed E-state index contributed by atoms with van der Waals surface area (Å²) in [6.07, 6.45) is 2.62. The third-order valence-electron chi connectivity index (χ3n) is 4.59. The van der Waals surface area contributed by atoms with Gasteiger partial charge in [0.1, 0.15) is 0 Å². The molecule has 2 N–H and O–H groups in total. The van der Waals surface area contributed by atoms with Gasteiger partial charge in [0.2, 0.25) is 5.91 Å². The van der Waals surface area contributed by atoms with Crippen molar-refractivity contribution >= 4 is 22.9 Å². The fourth-order valence-electron chi connectivity index (χ4n) is 3.08. The number of hydrogen-bond donors (Lipinski definition) is 1. The van der Waals surface area contributed by atoms with Gasteiger partial charge >= 0.3 is 0 Å². The molecule has 0 radical (unpaired) electrons. The van der Waals surface area contributed by atoms with E-state index in [1.165, 1.54) is 10.7 Å². The average molecular weight is 343 g/mol. The molecule has 1 aliphatic rings. The van der Waals surface area contributed by atoms with Crippen LogP contribution in [-0.4, -0.2) is 28.9 Å². The lowest BCUT2D eigenvalue weighted by Gasteiger charge is -2.32. The highest BCUT2D eigenvalue weighted by Gasteiger charge is 2.26. The van der Waals surface area contributed by atoms with Gasteiger partial charge in [-0.3, -0.25) is 4.79 Å². The second-order valence-electron chi connectivity index (χ2n) is 6.86. The van der Waals surface area contributed by atoms with Crippen LogP contribution in [0, 0.1) is 0 Å². The highest BCUT2D eigenvalue weighted by Crippen LogP contribution is 2.31. The molecule has 5 heteroatoms. The number of rotatable bonds is 4. The Labute approximate surface area is 147 Å². The molecule has 3 rings (SSSR count). The van der Waals surface area contributed by atoms with Gasteiger partial charge in [0.15, 0.2) is 0 Å². The molecule has 2 heterocycles. The van der Waals surface area contributed by atoms with E-state index >= 15 is 0 Å². The number of amides is 1. The number of likely N-dealkylation sites (tertiary alicyclic amines) is 1. The summed E-state index contributed by atoms with van der Waals surface area (Å²) in [5.41, 5.74) is 8.62. The molecule has 2 aromatic rings. The van der Waals surface area contributed by atoms with E-state index in [1.807, 2.05) is 29.2 Å². The molecule has 4 nitrogen and oxygen atoms in total. The summed E-state index contributed by atoms with van der Waals surface area (Å²) in [5, 5.41) is 3.35. The first-order valence-corrected chi connectivity index (χ1v) is 9.48. The predicted molar refractivity (Wildman–Crippen MR) is 99.3 cm³/mol. The Hall–Kier alpha value is -1.88. The Morgan fingerprint density at radius 2 is 2.12 bits per heavy atom. The van der Waals surface area contributed by atoms with Gasteiger partial charge in [0.25, 0.3) is 0 Å². The predicted octanol–water partition coefficient (Wildman–Crippen LogP) is 3.80. The lowest BCUT2D eigenvalue weighted by atomic mass is 9.98. The first kappa shape index (κ1) is 17.0. The van der Waals surface area contributed by atoms with E-state index in [2.05, 4.69) is 19.2 Å². The molecule has 0 bridgehead atoms. The highest BCUT2D eigenvalue weighted by atomic mass is 32.1. The topological polar surface area (TPSA) is 59.2 Å². The van der Waals surface area contributed by atoms with Gasteiger partial charge in [-0.2, -0.15) is 0 Å². The van der Waals surface area contributed by atoms with Crippen LogP contribution in [0.4, 0.5) is 5.69 Å². The molecule has 1 aliphatic heterocycles. The van der Waals surface area contributed by atoms with Gasteiger partial charge < -0.3 is 10.6 Å². The van der Waals surface area contributed by atoms with Gasteiger partial charge in [-0.25, -0.2) is 4.98 Å². The van der Waals surface area contributed by atoms with E-state index in [9.17, 15) is 4.79 Å². The van der Waals surface area contributed by atoms with Gasteiger partial charge in [0, 0.05) is 30.1 Å². The largest absolute Gasteiger partial charge is 0.399 e. The van der Waals surface area contributed by atoms with E-state index < -0.39 is 0 Å². The van der Waals surface area contributed by atoms with E-state index in [-0.39, 0.29) is 5.91 Å². The number of piperidine rings is 1. The normalized spacial score (nSPS) is 18.1. The van der Waals surface area contributed by atoms with Crippen LogP contribution in [-0.2, 0) is 11.2 Å². The summed E-state index contributed by atoms with van der Waals surface area (Å²) >= 11 is 1.74. The van der Waals surface area contributed by atoms with Crippen LogP contribution in [0.5, 0.6) is 0 Å². The number of nitrogens with two attached hydrogens (primary N) is 1. The first-order chi connectivity index (χ1) is 11.5. The molecule has 0 saturated carbocycles. The van der Waals surface area contributed by atoms with E-state index in [4.69, 9.17) is 10.7 Å². The Bertz CT molecular complexity index is 693. The summed E-state index contributed by atoms with van der Waals surface area (Å²) in [7, 11) is 0. The van der Waals surface area contributed by atoms with Crippen LogP contribution < -0.4 is 5.73 Å². The zero-order valence-electron chi connectivity index (χ0n) is 14.4. The second kappa shape index (κ2) is 7.34. The molecule has 1 amide bonds. The van der Waals surface area contributed by atoms with Crippen LogP contribution in [0.2, 0.25) is 0 Å². The molecule has 0 aliphatic carbocycles. The van der Waals surface area contributed by atoms with E-state index in [0.29, 0.717) is 18.3 Å². The van der Waals surface area contributed by atoms with Crippen LogP contribution in [0.3, 0.4) is 0 Å². The molecule has 1 fully saturated rings. The minimum absolute atomic E-state index is 0.199. The summed E-state index contributed by atoms with van der Waals surface area (Å²) in [4.78, 5) is 19.4. The fraction of sp³-hybridized carbons (Fsp3) is 0.474. The van der Waals surface area contributed by atoms with Gasteiger partial charge in [-0.15, -0.1) is 11.3 Å². The first-order valence-electron chi connectivity index (χ1n) is 8.60. The number of aromatic nitrogens is 1. The lowest BCUT2D eigenvalue weighted by Crippen LogP contribution is -2.39. The number of hydrogen-bond acceptors (Lipinski definition) is 4. The van der Waals surface area contributed by atoms with Crippen LogP contribution in [0.15, 0.2) is 29.6 Å². The number of nitrogen functional groups attached to an aromatic ring is 1. The summed E-state index contributed by atoms with van der Waals surface area (Å²) in [6, 6.07) is 7.57. The molecule has 1 aromatic carbocycles. The number of thiazole rings is 1. The molecular formula is C19H25N3OS. The van der Waals surface area contributed by atoms with Crippen molar-refractivity contribution in [1.82, 2.24) is 9.88 Å². The van der Waals surface area contributed by atoms with Gasteiger partial charge in [0.05, 0.1) is 17.1 Å². The molecule has 1 saturated heterocycles. The van der Waals surface area contributed by atoms with Crippen molar-refractivity contribution in [2.75, 3.05) is 18.8 Å². The van der Waals surface area contributed by atoms with Crippen LogP contribution in [0.1, 0.15) is 54.8 Å². The van der Waals surface area contributed by atoms with Crippen molar-refractivity contribution in [3.05, 3.63) is 45.9 Å². The second-order valence-corrected chi connectivity index (χ2v) is 7.75. The zero-order chi connectivity index (χ0) is 17.1. The van der Waals surface area contributed by atoms with Crippen LogP contribution >= 0.6 is 11.3 Å². The zero-order valence-corrected chi connectivity index (χ0v) is 15.2. The summed E-state index contributed by atoms with van der Waals surface area (Å²) in [5.74, 6) is 1.04. The Kier molecular flexibility index (Phi) is 5.19. The quantitative estimate of drug-likeness (QED) is 0.859. The Morgan fingerprint density at radius 3 is 2.79 bits per heavy atom. The molecule has 1 aromatic heterocycles. The van der Waals surface area contributed by atoms with Crippen LogP contribution in [0.25, 0.3) is 0 Å². The number of benzene rings is 1. The monoisotopic (exact) mass is 343 g/mol. The maximum Gasteiger partial charge on any atom is 0.227 e. The molecule has 1 unspecified atom stereocenters. The number of carbonyl (C=O) groups excluding carboxylic acids is 1. The number of nitrogens with zero attached hydrogens (tertiary/aromatic N) is 2. The maximum atomic E-state index is 12.6. The SMILES string of the molecule is CC(C)c1csc(C2CCCN(C(=O)Cc3ccc(N)cc3)C2)n1. The Balaban J connectivity index is 1.63. The lowest BCUT2D eigenvalue weighted by molar-refractivity contribution is -0.131. The Morgan fingerprint density at radius 1 is 1.38 bits per heavy atom. The highest BCUT2D eigenvalue weighted by molar-refractivity contribution is 7.09. The number of carbonyl (C=O) groups is 1. The third-order valence-corrected chi connectivity index (χ3v) is 5.62. The fourth-order valence-corrected chi connectivity index (χ4v) is 4.19. The molecule has 1 atom stereocenters. The van der Waals surface area contributed by atoms with Crippen molar-refractivity contribution in [3.8, 4) is 0 Å². The average Bonchev–Trinajstić information content (AvgIpc) is 3.07. The van der Waals surface area contributed by atoms with Gasteiger partial charge in [-0.1, -0.05) is 26.0 Å². The van der Waals surface area contributed by atoms with Gasteiger partial charge in [-0.05, 0) is 36.5 Å². The number of anilines is 1. The van der Waals surface area contributed by atoms with Crippen molar-refractivity contribution in [3.63, 3.8) is 0 Å². The molecule has 0 spiro atoms. The summed E-state index contributed by atoms with van der Waals surface area (Å²) < 4.78 is 0. The maximum absolute atomic E-state index is 12.6. The summed E-state index contributed by atoms with van der Waals surface area (Å²) in [6.45, 7) is 5.98. The standard InChI is InChI=1S/C19H25N3OS/c1-13(2)17-12-24-19(21-17)15-4-3-9-22(11-15)18(23)10-14-5-7-16(20)8-6-14/h5-8,12-13,15H,3-4,9-11,20H2,1-2H3. The minimum Gasteiger partial charge on any atom is -0.399 e. The molecule has 128 valence electrons. The molecule has 24 heavy (non-hydrogen) atoms. The molecular weight excluding hydrogens is 318 g/mol. The van der Waals surface area contributed by atoms with Crippen molar-refractivity contribution in [1.29, 1.82) is 0 Å². The van der Waals surface area contributed by atoms with E-state index in [1.54, 1.807) is 11.3 Å². The van der Waals surface area contributed by atoms with Crippen molar-refractivity contribution < 1.29 is 4.79 Å². The minimum atomic E-state index is 0.199. The van der Waals surface area contributed by atoms with Crippen molar-refractivity contribution in [2.24, 2.45) is 0 Å². The third kappa shape index (κ3) is 3.96.